The van der Waals surface area contributed by atoms with Crippen LogP contribution in [-0.2, 0) is 9.53 Å². The number of ether oxygens (including phenoxy) is 2. The zero-order valence-electron chi connectivity index (χ0n) is 13.1. The Bertz CT molecular complexity index is 489. The molecule has 1 N–H and O–H groups in total. The second kappa shape index (κ2) is 7.09. The summed E-state index contributed by atoms with van der Waals surface area (Å²) in [7, 11) is 0. The van der Waals surface area contributed by atoms with Crippen LogP contribution in [0.15, 0.2) is 18.3 Å². The molecule has 1 aromatic rings. The number of nitrogens with zero attached hydrogens (tertiary/aromatic N) is 1. The standard InChI is InChI=1S/C17H24N2O3/c1-12-2-7-16(18-10-12)22-15-5-3-14(4-6-15)19-17(20)13-8-9-21-11-13/h2,7,10,13-15H,3-6,8-9,11H2,1H3,(H,19,20). The number of aryl methyl sites for hydroxylation is 1. The number of amides is 1. The van der Waals surface area contributed by atoms with Crippen LogP contribution in [-0.4, -0.2) is 36.3 Å². The minimum absolute atomic E-state index is 0.0470. The zero-order chi connectivity index (χ0) is 15.4. The minimum Gasteiger partial charge on any atom is -0.474 e. The van der Waals surface area contributed by atoms with Crippen molar-refractivity contribution in [1.82, 2.24) is 10.3 Å². The molecule has 0 aromatic carbocycles. The molecule has 3 rings (SSSR count). The molecule has 2 heterocycles. The highest BCUT2D eigenvalue weighted by molar-refractivity contribution is 5.79. The smallest absolute Gasteiger partial charge is 0.225 e. The van der Waals surface area contributed by atoms with Gasteiger partial charge in [0.15, 0.2) is 0 Å². The van der Waals surface area contributed by atoms with Crippen molar-refractivity contribution in [3.05, 3.63) is 23.9 Å². The van der Waals surface area contributed by atoms with Crippen LogP contribution in [0.3, 0.4) is 0 Å². The average molecular weight is 304 g/mol. The Morgan fingerprint density at radius 1 is 1.27 bits per heavy atom. The molecule has 0 spiro atoms. The third kappa shape index (κ3) is 3.97. The summed E-state index contributed by atoms with van der Waals surface area (Å²) in [5.74, 6) is 0.897. The van der Waals surface area contributed by atoms with Gasteiger partial charge in [-0.25, -0.2) is 4.98 Å². The first kappa shape index (κ1) is 15.3. The number of hydrogen-bond acceptors (Lipinski definition) is 4. The number of rotatable bonds is 4. The van der Waals surface area contributed by atoms with Gasteiger partial charge in [0.25, 0.3) is 0 Å². The van der Waals surface area contributed by atoms with Gasteiger partial charge in [0.05, 0.1) is 12.5 Å². The molecule has 1 aliphatic heterocycles. The third-order valence-corrected chi connectivity index (χ3v) is 4.49. The van der Waals surface area contributed by atoms with Crippen molar-refractivity contribution in [2.24, 2.45) is 5.92 Å². The van der Waals surface area contributed by atoms with Crippen LogP contribution in [0.25, 0.3) is 0 Å². The molecule has 5 heteroatoms. The highest BCUT2D eigenvalue weighted by atomic mass is 16.5. The second-order valence-electron chi connectivity index (χ2n) is 6.33. The lowest BCUT2D eigenvalue weighted by atomic mass is 9.92. The van der Waals surface area contributed by atoms with E-state index in [0.29, 0.717) is 19.1 Å². The first-order valence-corrected chi connectivity index (χ1v) is 8.18. The van der Waals surface area contributed by atoms with Gasteiger partial charge < -0.3 is 14.8 Å². The van der Waals surface area contributed by atoms with Gasteiger partial charge in [-0.2, -0.15) is 0 Å². The van der Waals surface area contributed by atoms with Gasteiger partial charge in [0, 0.05) is 24.9 Å². The summed E-state index contributed by atoms with van der Waals surface area (Å²) in [5, 5.41) is 3.16. The lowest BCUT2D eigenvalue weighted by molar-refractivity contribution is -0.126. The molecule has 2 fully saturated rings. The normalized spacial score (nSPS) is 28.3. The van der Waals surface area contributed by atoms with E-state index >= 15 is 0 Å². The summed E-state index contributed by atoms with van der Waals surface area (Å²) < 4.78 is 11.2. The Kier molecular flexibility index (Phi) is 4.93. The quantitative estimate of drug-likeness (QED) is 0.926. The fourth-order valence-corrected chi connectivity index (χ4v) is 3.08. The number of nitrogens with one attached hydrogen (secondary N) is 1. The Morgan fingerprint density at radius 2 is 2.09 bits per heavy atom. The van der Waals surface area contributed by atoms with Crippen molar-refractivity contribution in [2.45, 2.75) is 51.2 Å². The third-order valence-electron chi connectivity index (χ3n) is 4.49. The Labute approximate surface area is 131 Å². The van der Waals surface area contributed by atoms with Gasteiger partial charge in [-0.3, -0.25) is 4.79 Å². The average Bonchev–Trinajstić information content (AvgIpc) is 3.06. The maximum atomic E-state index is 12.1. The molecule has 0 radical (unpaired) electrons. The highest BCUT2D eigenvalue weighted by Gasteiger charge is 2.28. The van der Waals surface area contributed by atoms with Crippen LogP contribution in [0.2, 0.25) is 0 Å². The van der Waals surface area contributed by atoms with Crippen molar-refractivity contribution in [2.75, 3.05) is 13.2 Å². The monoisotopic (exact) mass is 304 g/mol. The molecule has 1 atom stereocenters. The molecule has 1 amide bonds. The molecule has 1 unspecified atom stereocenters. The van der Waals surface area contributed by atoms with Gasteiger partial charge in [0.2, 0.25) is 11.8 Å². The summed E-state index contributed by atoms with van der Waals surface area (Å²) in [6.07, 6.45) is 6.74. The van der Waals surface area contributed by atoms with E-state index in [9.17, 15) is 4.79 Å². The number of carbonyl (C=O) groups is 1. The van der Waals surface area contributed by atoms with Gasteiger partial charge in [-0.05, 0) is 44.6 Å². The van der Waals surface area contributed by atoms with Crippen molar-refractivity contribution >= 4 is 5.91 Å². The van der Waals surface area contributed by atoms with Crippen LogP contribution >= 0.6 is 0 Å². The van der Waals surface area contributed by atoms with Crippen LogP contribution in [0.1, 0.15) is 37.7 Å². The maximum absolute atomic E-state index is 12.1. The molecule has 2 aliphatic rings. The van der Waals surface area contributed by atoms with E-state index < -0.39 is 0 Å². The van der Waals surface area contributed by atoms with Crippen molar-refractivity contribution < 1.29 is 14.3 Å². The van der Waals surface area contributed by atoms with E-state index in [1.165, 1.54) is 0 Å². The van der Waals surface area contributed by atoms with Gasteiger partial charge in [0.1, 0.15) is 6.10 Å². The summed E-state index contributed by atoms with van der Waals surface area (Å²) in [6.45, 7) is 3.30. The van der Waals surface area contributed by atoms with Gasteiger partial charge in [-0.15, -0.1) is 0 Å². The fraction of sp³-hybridized carbons (Fsp3) is 0.647. The number of aromatic nitrogens is 1. The van der Waals surface area contributed by atoms with E-state index in [1.807, 2.05) is 25.3 Å². The molecule has 0 bridgehead atoms. The van der Waals surface area contributed by atoms with E-state index in [2.05, 4.69) is 10.3 Å². The topological polar surface area (TPSA) is 60.5 Å². The van der Waals surface area contributed by atoms with E-state index in [1.54, 1.807) is 0 Å². The largest absolute Gasteiger partial charge is 0.474 e. The van der Waals surface area contributed by atoms with Gasteiger partial charge in [-0.1, -0.05) is 6.07 Å². The Balaban J connectivity index is 1.42. The maximum Gasteiger partial charge on any atom is 0.225 e. The molecule has 120 valence electrons. The summed E-state index contributed by atoms with van der Waals surface area (Å²) >= 11 is 0. The number of hydrogen-bond donors (Lipinski definition) is 1. The first-order chi connectivity index (χ1) is 10.7. The molecule has 22 heavy (non-hydrogen) atoms. The van der Waals surface area contributed by atoms with Gasteiger partial charge >= 0.3 is 0 Å². The summed E-state index contributed by atoms with van der Waals surface area (Å²) in [4.78, 5) is 16.4. The second-order valence-corrected chi connectivity index (χ2v) is 6.33. The molecule has 5 nitrogen and oxygen atoms in total. The minimum atomic E-state index is 0.0470. The van der Waals surface area contributed by atoms with Crippen LogP contribution in [0.4, 0.5) is 0 Å². The van der Waals surface area contributed by atoms with Crippen LogP contribution < -0.4 is 10.1 Å². The van der Waals surface area contributed by atoms with Crippen molar-refractivity contribution in [1.29, 1.82) is 0 Å². The predicted molar refractivity (Wildman–Crippen MR) is 82.7 cm³/mol. The van der Waals surface area contributed by atoms with Crippen molar-refractivity contribution in [3.63, 3.8) is 0 Å². The molecular weight excluding hydrogens is 280 g/mol. The lowest BCUT2D eigenvalue weighted by Gasteiger charge is -2.29. The SMILES string of the molecule is Cc1ccc(OC2CCC(NC(=O)C3CCOC3)CC2)nc1. The summed E-state index contributed by atoms with van der Waals surface area (Å²) in [6, 6.07) is 4.21. The van der Waals surface area contributed by atoms with Crippen LogP contribution in [0, 0.1) is 12.8 Å². The molecule has 1 aromatic heterocycles. The number of carbonyl (C=O) groups excluding carboxylic acids is 1. The zero-order valence-corrected chi connectivity index (χ0v) is 13.1. The van der Waals surface area contributed by atoms with E-state index in [0.717, 1.165) is 37.7 Å². The summed E-state index contributed by atoms with van der Waals surface area (Å²) in [5.41, 5.74) is 1.13. The molecule has 1 saturated heterocycles. The van der Waals surface area contributed by atoms with Crippen molar-refractivity contribution in [3.8, 4) is 5.88 Å². The molecule has 1 aliphatic carbocycles. The van der Waals surface area contributed by atoms with E-state index in [4.69, 9.17) is 9.47 Å². The van der Waals surface area contributed by atoms with Crippen LogP contribution in [0.5, 0.6) is 5.88 Å². The molecular formula is C17H24N2O3. The first-order valence-electron chi connectivity index (χ1n) is 8.18. The lowest BCUT2D eigenvalue weighted by Crippen LogP contribution is -2.42. The highest BCUT2D eigenvalue weighted by Crippen LogP contribution is 2.23. The molecule has 1 saturated carbocycles. The number of pyridine rings is 1. The Morgan fingerprint density at radius 3 is 2.73 bits per heavy atom. The Hall–Kier alpha value is -1.62. The van der Waals surface area contributed by atoms with E-state index in [-0.39, 0.29) is 24.0 Å². The predicted octanol–water partition coefficient (Wildman–Crippen LogP) is 2.23. The fourth-order valence-electron chi connectivity index (χ4n) is 3.08.